The molecule has 0 aliphatic rings. The average molecular weight is 233 g/mol. The molecular formula is C9H10BrFO. The van der Waals surface area contributed by atoms with Crippen LogP contribution in [0, 0.1) is 5.82 Å². The molecule has 0 unspecified atom stereocenters. The van der Waals surface area contributed by atoms with Crippen molar-refractivity contribution in [2.75, 3.05) is 6.61 Å². The van der Waals surface area contributed by atoms with Crippen LogP contribution >= 0.6 is 15.9 Å². The quantitative estimate of drug-likeness (QED) is 0.729. The molecule has 66 valence electrons. The highest BCUT2D eigenvalue weighted by molar-refractivity contribution is 9.08. The third kappa shape index (κ3) is 2.21. The fourth-order valence-electron chi connectivity index (χ4n) is 0.949. The Hall–Kier alpha value is -0.570. The van der Waals surface area contributed by atoms with Crippen molar-refractivity contribution >= 4 is 15.9 Å². The number of benzene rings is 1. The van der Waals surface area contributed by atoms with Crippen molar-refractivity contribution in [3.05, 3.63) is 29.6 Å². The molecule has 0 aromatic heterocycles. The minimum absolute atomic E-state index is 0.229. The van der Waals surface area contributed by atoms with Crippen LogP contribution in [0.3, 0.4) is 0 Å². The summed E-state index contributed by atoms with van der Waals surface area (Å²) in [6.45, 7) is 2.51. The molecule has 0 atom stereocenters. The highest BCUT2D eigenvalue weighted by Gasteiger charge is 2.02. The van der Waals surface area contributed by atoms with Crippen LogP contribution in [0.1, 0.15) is 12.5 Å². The van der Waals surface area contributed by atoms with Crippen molar-refractivity contribution in [1.29, 1.82) is 0 Å². The fraction of sp³-hybridized carbons (Fsp3) is 0.333. The molecule has 0 aliphatic heterocycles. The molecule has 12 heavy (non-hydrogen) atoms. The zero-order valence-electron chi connectivity index (χ0n) is 6.81. The Bertz CT molecular complexity index is 263. The van der Waals surface area contributed by atoms with Crippen molar-refractivity contribution in [3.8, 4) is 5.75 Å². The Balaban J connectivity index is 2.94. The predicted octanol–water partition coefficient (Wildman–Crippen LogP) is 3.12. The Morgan fingerprint density at radius 1 is 1.50 bits per heavy atom. The zero-order chi connectivity index (χ0) is 8.97. The monoisotopic (exact) mass is 232 g/mol. The van der Waals surface area contributed by atoms with Gasteiger partial charge in [0.1, 0.15) is 11.6 Å². The van der Waals surface area contributed by atoms with Gasteiger partial charge in [-0.3, -0.25) is 0 Å². The maximum atomic E-state index is 12.7. The third-order valence-corrected chi connectivity index (χ3v) is 2.07. The molecule has 0 radical (unpaired) electrons. The lowest BCUT2D eigenvalue weighted by Crippen LogP contribution is -1.95. The molecule has 0 heterocycles. The highest BCUT2D eigenvalue weighted by atomic mass is 79.9. The van der Waals surface area contributed by atoms with Crippen molar-refractivity contribution < 1.29 is 9.13 Å². The second-order valence-corrected chi connectivity index (χ2v) is 2.88. The lowest BCUT2D eigenvalue weighted by molar-refractivity contribution is 0.337. The lowest BCUT2D eigenvalue weighted by atomic mass is 10.2. The number of halogens is 2. The summed E-state index contributed by atoms with van der Waals surface area (Å²) in [6.07, 6.45) is 0. The fourth-order valence-corrected chi connectivity index (χ4v) is 1.39. The lowest BCUT2D eigenvalue weighted by Gasteiger charge is -2.07. The molecule has 0 amide bonds. The first-order valence-electron chi connectivity index (χ1n) is 3.75. The summed E-state index contributed by atoms with van der Waals surface area (Å²) in [5, 5.41) is 0.611. The zero-order valence-corrected chi connectivity index (χ0v) is 8.40. The van der Waals surface area contributed by atoms with Crippen LogP contribution in [0.25, 0.3) is 0 Å². The Morgan fingerprint density at radius 2 is 2.25 bits per heavy atom. The minimum atomic E-state index is -0.229. The molecule has 3 heteroatoms. The Kier molecular flexibility index (Phi) is 3.53. The third-order valence-electron chi connectivity index (χ3n) is 1.47. The van der Waals surface area contributed by atoms with Gasteiger partial charge in [0.25, 0.3) is 0 Å². The Morgan fingerprint density at radius 3 is 2.83 bits per heavy atom. The summed E-state index contributed by atoms with van der Waals surface area (Å²) in [5.41, 5.74) is 0.844. The normalized spacial score (nSPS) is 9.92. The van der Waals surface area contributed by atoms with Gasteiger partial charge in [0.15, 0.2) is 0 Å². The minimum Gasteiger partial charge on any atom is -0.494 e. The first kappa shape index (κ1) is 9.52. The van der Waals surface area contributed by atoms with Gasteiger partial charge in [0.05, 0.1) is 6.61 Å². The summed E-state index contributed by atoms with van der Waals surface area (Å²) < 4.78 is 18.0. The number of hydrogen-bond donors (Lipinski definition) is 0. The molecule has 1 aromatic rings. The van der Waals surface area contributed by atoms with Crippen LogP contribution in [-0.2, 0) is 5.33 Å². The Labute approximate surface area is 79.7 Å². The standard InChI is InChI=1S/C9H10BrFO/c1-2-12-9-4-3-8(11)5-7(9)6-10/h3-5H,2,6H2,1H3. The van der Waals surface area contributed by atoms with Crippen molar-refractivity contribution in [2.24, 2.45) is 0 Å². The predicted molar refractivity (Wildman–Crippen MR) is 50.2 cm³/mol. The van der Waals surface area contributed by atoms with E-state index < -0.39 is 0 Å². The van der Waals surface area contributed by atoms with Crippen molar-refractivity contribution in [1.82, 2.24) is 0 Å². The van der Waals surface area contributed by atoms with Crippen molar-refractivity contribution in [2.45, 2.75) is 12.3 Å². The van der Waals surface area contributed by atoms with Gasteiger partial charge in [0, 0.05) is 10.9 Å². The van der Waals surface area contributed by atoms with Crippen LogP contribution < -0.4 is 4.74 Å². The van der Waals surface area contributed by atoms with E-state index in [-0.39, 0.29) is 5.82 Å². The molecule has 1 aromatic carbocycles. The largest absolute Gasteiger partial charge is 0.494 e. The van der Waals surface area contributed by atoms with E-state index in [2.05, 4.69) is 15.9 Å². The van der Waals surface area contributed by atoms with Gasteiger partial charge in [0.2, 0.25) is 0 Å². The molecule has 0 N–H and O–H groups in total. The van der Waals surface area contributed by atoms with Crippen LogP contribution in [0.5, 0.6) is 5.75 Å². The highest BCUT2D eigenvalue weighted by Crippen LogP contribution is 2.21. The van der Waals surface area contributed by atoms with Gasteiger partial charge in [-0.25, -0.2) is 4.39 Å². The maximum Gasteiger partial charge on any atom is 0.123 e. The summed E-state index contributed by atoms with van der Waals surface area (Å²) in [6, 6.07) is 4.52. The van der Waals surface area contributed by atoms with Gasteiger partial charge >= 0.3 is 0 Å². The first-order chi connectivity index (χ1) is 5.77. The van der Waals surface area contributed by atoms with E-state index in [1.807, 2.05) is 6.92 Å². The summed E-state index contributed by atoms with van der Waals surface area (Å²) in [4.78, 5) is 0. The maximum absolute atomic E-state index is 12.7. The number of rotatable bonds is 3. The van der Waals surface area contributed by atoms with E-state index in [4.69, 9.17) is 4.74 Å². The van der Waals surface area contributed by atoms with E-state index in [1.54, 1.807) is 6.07 Å². The van der Waals surface area contributed by atoms with Crippen LogP contribution in [0.2, 0.25) is 0 Å². The van der Waals surface area contributed by atoms with Crippen molar-refractivity contribution in [3.63, 3.8) is 0 Å². The number of alkyl halides is 1. The average Bonchev–Trinajstić information content (AvgIpc) is 2.08. The van der Waals surface area contributed by atoms with Gasteiger partial charge in [-0.1, -0.05) is 15.9 Å². The van der Waals surface area contributed by atoms with E-state index in [9.17, 15) is 4.39 Å². The number of ether oxygens (including phenoxy) is 1. The van der Waals surface area contributed by atoms with Gasteiger partial charge in [-0.2, -0.15) is 0 Å². The number of hydrogen-bond acceptors (Lipinski definition) is 1. The molecule has 1 rings (SSSR count). The van der Waals surface area contributed by atoms with Crippen LogP contribution in [0.15, 0.2) is 18.2 Å². The smallest absolute Gasteiger partial charge is 0.123 e. The van der Waals surface area contributed by atoms with Gasteiger partial charge < -0.3 is 4.74 Å². The van der Waals surface area contributed by atoms with E-state index in [0.29, 0.717) is 11.9 Å². The SMILES string of the molecule is CCOc1ccc(F)cc1CBr. The van der Waals surface area contributed by atoms with E-state index in [0.717, 1.165) is 11.3 Å². The van der Waals surface area contributed by atoms with E-state index >= 15 is 0 Å². The summed E-state index contributed by atoms with van der Waals surface area (Å²) >= 11 is 3.27. The second-order valence-electron chi connectivity index (χ2n) is 2.32. The molecule has 0 saturated carbocycles. The van der Waals surface area contributed by atoms with E-state index in [1.165, 1.54) is 12.1 Å². The van der Waals surface area contributed by atoms with Gasteiger partial charge in [-0.15, -0.1) is 0 Å². The van der Waals surface area contributed by atoms with Crippen LogP contribution in [-0.4, -0.2) is 6.61 Å². The van der Waals surface area contributed by atoms with Crippen LogP contribution in [0.4, 0.5) is 4.39 Å². The topological polar surface area (TPSA) is 9.23 Å². The molecule has 0 fully saturated rings. The molecule has 0 spiro atoms. The second kappa shape index (κ2) is 4.45. The first-order valence-corrected chi connectivity index (χ1v) is 4.87. The summed E-state index contributed by atoms with van der Waals surface area (Å²) in [5.74, 6) is 0.517. The summed E-state index contributed by atoms with van der Waals surface area (Å²) in [7, 11) is 0. The molecular weight excluding hydrogens is 223 g/mol. The molecule has 0 bridgehead atoms. The molecule has 1 nitrogen and oxygen atoms in total. The molecule has 0 aliphatic carbocycles. The molecule has 0 saturated heterocycles. The van der Waals surface area contributed by atoms with Gasteiger partial charge in [-0.05, 0) is 25.1 Å².